The molecule has 3 nitrogen and oxygen atoms in total. The Morgan fingerprint density at radius 3 is 2.48 bits per heavy atom. The molecule has 0 spiro atoms. The smallest absolute Gasteiger partial charge is 0.265 e. The number of carbonyl (C=O) groups is 1. The molecule has 0 saturated heterocycles. The van der Waals surface area contributed by atoms with Gasteiger partial charge in [-0.2, -0.15) is 0 Å². The van der Waals surface area contributed by atoms with Gasteiger partial charge in [0, 0.05) is 10.7 Å². The summed E-state index contributed by atoms with van der Waals surface area (Å²) in [6, 6.07) is 10.6. The van der Waals surface area contributed by atoms with Gasteiger partial charge in [0.2, 0.25) is 0 Å². The summed E-state index contributed by atoms with van der Waals surface area (Å²) in [4.78, 5) is 12.0. The lowest BCUT2D eigenvalue weighted by atomic mass is 10.3. The number of amides is 1. The van der Waals surface area contributed by atoms with Crippen molar-refractivity contribution in [3.8, 4) is 5.75 Å². The molecule has 0 aromatic heterocycles. The quantitative estimate of drug-likeness (QED) is 0.895. The maximum absolute atomic E-state index is 13.0. The Balaban J connectivity index is 1.98. The average molecular weight is 328 g/mol. The van der Waals surface area contributed by atoms with E-state index in [2.05, 4.69) is 5.32 Å². The molecule has 0 aliphatic rings. The second kappa shape index (κ2) is 6.78. The maximum Gasteiger partial charge on any atom is 0.265 e. The Bertz CT molecular complexity index is 647. The number of ether oxygens (including phenoxy) is 1. The Morgan fingerprint density at radius 1 is 1.19 bits per heavy atom. The molecule has 21 heavy (non-hydrogen) atoms. The van der Waals surface area contributed by atoms with Crippen LogP contribution < -0.4 is 10.1 Å². The lowest BCUT2D eigenvalue weighted by molar-refractivity contribution is -0.122. The van der Waals surface area contributed by atoms with Crippen molar-refractivity contribution in [2.75, 3.05) is 5.32 Å². The van der Waals surface area contributed by atoms with Gasteiger partial charge in [0.15, 0.2) is 6.10 Å². The minimum absolute atomic E-state index is 0.0564. The molecule has 0 heterocycles. The van der Waals surface area contributed by atoms with Crippen molar-refractivity contribution in [1.82, 2.24) is 0 Å². The summed E-state index contributed by atoms with van der Waals surface area (Å²) in [5.74, 6) is -0.382. The van der Waals surface area contributed by atoms with Crippen molar-refractivity contribution in [2.45, 2.75) is 13.0 Å². The van der Waals surface area contributed by atoms with E-state index in [0.717, 1.165) is 0 Å². The minimum Gasteiger partial charge on any atom is -0.481 e. The van der Waals surface area contributed by atoms with Gasteiger partial charge in [-0.15, -0.1) is 0 Å². The topological polar surface area (TPSA) is 38.3 Å². The Morgan fingerprint density at radius 2 is 1.86 bits per heavy atom. The van der Waals surface area contributed by atoms with Gasteiger partial charge in [0.1, 0.15) is 11.6 Å². The van der Waals surface area contributed by atoms with Crippen LogP contribution in [0.2, 0.25) is 10.0 Å². The fraction of sp³-hybridized carbons (Fsp3) is 0.133. The van der Waals surface area contributed by atoms with Crippen LogP contribution in [-0.2, 0) is 4.79 Å². The third-order valence-electron chi connectivity index (χ3n) is 2.68. The van der Waals surface area contributed by atoms with Gasteiger partial charge in [-0.25, -0.2) is 4.39 Å². The summed E-state index contributed by atoms with van der Waals surface area (Å²) in [6.45, 7) is 1.61. The summed E-state index contributed by atoms with van der Waals surface area (Å²) in [7, 11) is 0. The van der Waals surface area contributed by atoms with Crippen molar-refractivity contribution < 1.29 is 13.9 Å². The molecule has 0 saturated carbocycles. The van der Waals surface area contributed by atoms with Crippen LogP contribution in [0.15, 0.2) is 42.5 Å². The Hall–Kier alpha value is -1.78. The highest BCUT2D eigenvalue weighted by atomic mass is 35.5. The van der Waals surface area contributed by atoms with Crippen LogP contribution >= 0.6 is 23.2 Å². The van der Waals surface area contributed by atoms with E-state index < -0.39 is 11.9 Å². The molecule has 0 fully saturated rings. The highest BCUT2D eigenvalue weighted by Gasteiger charge is 2.15. The fourth-order valence-corrected chi connectivity index (χ4v) is 1.90. The monoisotopic (exact) mass is 327 g/mol. The zero-order valence-corrected chi connectivity index (χ0v) is 12.6. The average Bonchev–Trinajstić information content (AvgIpc) is 2.45. The minimum atomic E-state index is -0.727. The number of rotatable bonds is 4. The van der Waals surface area contributed by atoms with E-state index in [0.29, 0.717) is 16.5 Å². The van der Waals surface area contributed by atoms with Gasteiger partial charge in [-0.1, -0.05) is 23.2 Å². The summed E-state index contributed by atoms with van der Waals surface area (Å²) in [6.07, 6.45) is -0.727. The van der Waals surface area contributed by atoms with E-state index in [4.69, 9.17) is 27.9 Å². The number of halogens is 3. The molecule has 0 radical (unpaired) electrons. The molecule has 0 bridgehead atoms. The number of anilines is 1. The highest BCUT2D eigenvalue weighted by molar-refractivity contribution is 6.31. The van der Waals surface area contributed by atoms with Gasteiger partial charge >= 0.3 is 0 Å². The van der Waals surface area contributed by atoms with E-state index in [1.807, 2.05) is 0 Å². The van der Waals surface area contributed by atoms with Crippen molar-refractivity contribution >= 4 is 34.8 Å². The number of benzene rings is 2. The summed E-state index contributed by atoms with van der Waals surface area (Å²) < 4.78 is 18.5. The number of hydrogen-bond acceptors (Lipinski definition) is 2. The van der Waals surface area contributed by atoms with E-state index in [1.54, 1.807) is 31.2 Å². The van der Waals surface area contributed by atoms with Gasteiger partial charge in [0.25, 0.3) is 5.91 Å². The predicted octanol–water partition coefficient (Wildman–Crippen LogP) is 4.54. The SMILES string of the molecule is C[C@H](Oc1ccc(Cl)cc1)C(=O)Nc1ccc(F)c(Cl)c1. The van der Waals surface area contributed by atoms with E-state index in [1.165, 1.54) is 18.2 Å². The number of carbonyl (C=O) groups excluding carboxylic acids is 1. The third-order valence-corrected chi connectivity index (χ3v) is 3.22. The first-order valence-electron chi connectivity index (χ1n) is 6.14. The second-order valence-corrected chi connectivity index (χ2v) is 5.18. The normalized spacial score (nSPS) is 11.8. The standard InChI is InChI=1S/C15H12Cl2FNO2/c1-9(21-12-5-2-10(16)3-6-12)15(20)19-11-4-7-14(18)13(17)8-11/h2-9H,1H3,(H,19,20)/t9-/m0/s1. The zero-order valence-electron chi connectivity index (χ0n) is 11.1. The Kier molecular flexibility index (Phi) is 5.04. The molecular formula is C15H12Cl2FNO2. The molecule has 110 valence electrons. The molecule has 2 rings (SSSR count). The van der Waals surface area contributed by atoms with E-state index >= 15 is 0 Å². The summed E-state index contributed by atoms with van der Waals surface area (Å²) >= 11 is 11.4. The number of nitrogens with one attached hydrogen (secondary N) is 1. The van der Waals surface area contributed by atoms with E-state index in [-0.39, 0.29) is 10.9 Å². The molecule has 1 atom stereocenters. The van der Waals surface area contributed by atoms with Crippen LogP contribution in [0.5, 0.6) is 5.75 Å². The maximum atomic E-state index is 13.0. The fourth-order valence-electron chi connectivity index (χ4n) is 1.59. The van der Waals surface area contributed by atoms with Crippen LogP contribution in [0.3, 0.4) is 0 Å². The molecule has 6 heteroatoms. The van der Waals surface area contributed by atoms with Crippen molar-refractivity contribution in [3.05, 3.63) is 58.3 Å². The second-order valence-electron chi connectivity index (χ2n) is 4.33. The van der Waals surface area contributed by atoms with Crippen molar-refractivity contribution in [1.29, 1.82) is 0 Å². The molecule has 0 aliphatic carbocycles. The first-order valence-corrected chi connectivity index (χ1v) is 6.89. The largest absolute Gasteiger partial charge is 0.481 e. The summed E-state index contributed by atoms with van der Waals surface area (Å²) in [5, 5.41) is 3.13. The van der Waals surface area contributed by atoms with Crippen LogP contribution in [0.4, 0.5) is 10.1 Å². The van der Waals surface area contributed by atoms with Gasteiger partial charge in [-0.3, -0.25) is 4.79 Å². The highest BCUT2D eigenvalue weighted by Crippen LogP contribution is 2.20. The molecule has 2 aromatic carbocycles. The first kappa shape index (κ1) is 15.6. The van der Waals surface area contributed by atoms with Crippen molar-refractivity contribution in [2.24, 2.45) is 0 Å². The van der Waals surface area contributed by atoms with Crippen LogP contribution in [0.25, 0.3) is 0 Å². The molecule has 2 aromatic rings. The van der Waals surface area contributed by atoms with Gasteiger partial charge in [0.05, 0.1) is 5.02 Å². The molecule has 0 aliphatic heterocycles. The molecular weight excluding hydrogens is 316 g/mol. The summed E-state index contributed by atoms with van der Waals surface area (Å²) in [5.41, 5.74) is 0.401. The molecule has 0 unspecified atom stereocenters. The third kappa shape index (κ3) is 4.34. The lowest BCUT2D eigenvalue weighted by Crippen LogP contribution is -2.30. The van der Waals surface area contributed by atoms with Gasteiger partial charge < -0.3 is 10.1 Å². The van der Waals surface area contributed by atoms with Gasteiger partial charge in [-0.05, 0) is 49.4 Å². The van der Waals surface area contributed by atoms with Crippen molar-refractivity contribution in [3.63, 3.8) is 0 Å². The first-order chi connectivity index (χ1) is 9.95. The molecule has 1 amide bonds. The Labute approximate surface area is 131 Å². The van der Waals surface area contributed by atoms with E-state index in [9.17, 15) is 9.18 Å². The van der Waals surface area contributed by atoms with Crippen LogP contribution in [-0.4, -0.2) is 12.0 Å². The number of hydrogen-bond donors (Lipinski definition) is 1. The lowest BCUT2D eigenvalue weighted by Gasteiger charge is -2.15. The zero-order chi connectivity index (χ0) is 15.4. The van der Waals surface area contributed by atoms with Crippen LogP contribution in [0, 0.1) is 5.82 Å². The predicted molar refractivity (Wildman–Crippen MR) is 81.6 cm³/mol. The van der Waals surface area contributed by atoms with Crippen LogP contribution in [0.1, 0.15) is 6.92 Å². The molecule has 1 N–H and O–H groups in total.